The van der Waals surface area contributed by atoms with Crippen LogP contribution in [-0.2, 0) is 4.79 Å². The number of likely N-dealkylation sites (tertiary alicyclic amines) is 1. The molecule has 1 heterocycles. The number of nitrogens with zero attached hydrogens (tertiary/aromatic N) is 1. The van der Waals surface area contributed by atoms with Gasteiger partial charge in [-0.3, -0.25) is 4.79 Å². The molecule has 0 saturated carbocycles. The third kappa shape index (κ3) is 5.61. The predicted octanol–water partition coefficient (Wildman–Crippen LogP) is 3.21. The molecule has 0 aromatic heterocycles. The highest BCUT2D eigenvalue weighted by Crippen LogP contribution is 2.17. The van der Waals surface area contributed by atoms with Gasteiger partial charge in [0, 0.05) is 30.0 Å². The van der Waals surface area contributed by atoms with Crippen LogP contribution in [0.2, 0.25) is 0 Å². The second kappa shape index (κ2) is 9.16. The Bertz CT molecular complexity index is 456. The number of unbranched alkanes of at least 4 members (excludes halogenated alkanes) is 1. The fraction of sp³-hybridized carbons (Fsp3) is 0.588. The van der Waals surface area contributed by atoms with Crippen molar-refractivity contribution in [3.05, 3.63) is 28.7 Å². The van der Waals surface area contributed by atoms with Crippen molar-refractivity contribution in [3.8, 4) is 5.75 Å². The molecule has 0 aliphatic carbocycles. The van der Waals surface area contributed by atoms with Crippen LogP contribution in [0.1, 0.15) is 32.1 Å². The molecule has 1 saturated heterocycles. The van der Waals surface area contributed by atoms with Gasteiger partial charge in [0.15, 0.2) is 0 Å². The summed E-state index contributed by atoms with van der Waals surface area (Å²) in [6.07, 6.45) is 4.56. The number of rotatable bonds is 7. The lowest BCUT2D eigenvalue weighted by atomic mass is 10.0. The molecular formula is C17H25BrN2O2. The highest BCUT2D eigenvalue weighted by atomic mass is 79.9. The zero-order chi connectivity index (χ0) is 15.8. The van der Waals surface area contributed by atoms with Crippen LogP contribution < -0.4 is 10.1 Å². The molecule has 0 atom stereocenters. The maximum absolute atomic E-state index is 12.1. The fourth-order valence-electron chi connectivity index (χ4n) is 2.67. The van der Waals surface area contributed by atoms with Crippen molar-refractivity contribution in [1.82, 2.24) is 10.2 Å². The third-order valence-electron chi connectivity index (χ3n) is 4.12. The molecule has 4 nitrogen and oxygen atoms in total. The first-order chi connectivity index (χ1) is 10.7. The van der Waals surface area contributed by atoms with E-state index in [1.165, 1.54) is 0 Å². The Labute approximate surface area is 141 Å². The van der Waals surface area contributed by atoms with Gasteiger partial charge in [-0.25, -0.2) is 0 Å². The van der Waals surface area contributed by atoms with Crippen LogP contribution in [0.3, 0.4) is 0 Å². The molecule has 1 aromatic rings. The number of hydrogen-bond acceptors (Lipinski definition) is 3. The summed E-state index contributed by atoms with van der Waals surface area (Å²) in [6, 6.07) is 8.40. The average molecular weight is 369 g/mol. The number of benzene rings is 1. The number of amides is 1. The first-order valence-electron chi connectivity index (χ1n) is 8.02. The molecule has 1 N–H and O–H groups in total. The van der Waals surface area contributed by atoms with E-state index in [1.54, 1.807) is 0 Å². The average Bonchev–Trinajstić information content (AvgIpc) is 2.56. The van der Waals surface area contributed by atoms with E-state index in [-0.39, 0.29) is 5.91 Å². The summed E-state index contributed by atoms with van der Waals surface area (Å²) >= 11 is 3.40. The van der Waals surface area contributed by atoms with Gasteiger partial charge >= 0.3 is 0 Å². The van der Waals surface area contributed by atoms with E-state index in [4.69, 9.17) is 4.74 Å². The van der Waals surface area contributed by atoms with Crippen molar-refractivity contribution < 1.29 is 9.53 Å². The predicted molar refractivity (Wildman–Crippen MR) is 92.1 cm³/mol. The van der Waals surface area contributed by atoms with Crippen molar-refractivity contribution >= 4 is 21.8 Å². The largest absolute Gasteiger partial charge is 0.494 e. The van der Waals surface area contributed by atoms with Gasteiger partial charge in [-0.2, -0.15) is 0 Å². The SMILES string of the molecule is CNC1CCN(C(=O)CCCCOc2ccc(Br)cc2)CC1. The number of ether oxygens (including phenoxy) is 1. The molecule has 0 spiro atoms. The maximum Gasteiger partial charge on any atom is 0.222 e. The summed E-state index contributed by atoms with van der Waals surface area (Å²) in [5, 5.41) is 3.28. The molecular weight excluding hydrogens is 344 g/mol. The Kier molecular flexibility index (Phi) is 7.19. The van der Waals surface area contributed by atoms with Crippen molar-refractivity contribution in [2.24, 2.45) is 0 Å². The monoisotopic (exact) mass is 368 g/mol. The lowest BCUT2D eigenvalue weighted by Gasteiger charge is -2.31. The molecule has 0 radical (unpaired) electrons. The number of carbonyl (C=O) groups is 1. The molecule has 2 rings (SSSR count). The van der Waals surface area contributed by atoms with Gasteiger partial charge in [0.1, 0.15) is 5.75 Å². The van der Waals surface area contributed by atoms with Gasteiger partial charge in [0.25, 0.3) is 0 Å². The van der Waals surface area contributed by atoms with E-state index in [0.29, 0.717) is 19.1 Å². The molecule has 1 aliphatic rings. The highest BCUT2D eigenvalue weighted by molar-refractivity contribution is 9.10. The second-order valence-corrected chi connectivity index (χ2v) is 6.62. The van der Waals surface area contributed by atoms with Crippen LogP contribution in [-0.4, -0.2) is 43.6 Å². The van der Waals surface area contributed by atoms with Crippen molar-refractivity contribution in [2.75, 3.05) is 26.7 Å². The molecule has 1 aliphatic heterocycles. The molecule has 122 valence electrons. The Balaban J connectivity index is 1.56. The van der Waals surface area contributed by atoms with Crippen LogP contribution >= 0.6 is 15.9 Å². The summed E-state index contributed by atoms with van der Waals surface area (Å²) in [7, 11) is 1.99. The first-order valence-corrected chi connectivity index (χ1v) is 8.82. The Morgan fingerprint density at radius 2 is 1.95 bits per heavy atom. The van der Waals surface area contributed by atoms with E-state index in [2.05, 4.69) is 21.2 Å². The number of piperidine rings is 1. The Hall–Kier alpha value is -1.07. The Morgan fingerprint density at radius 1 is 1.27 bits per heavy atom. The van der Waals surface area contributed by atoms with Gasteiger partial charge in [0.2, 0.25) is 5.91 Å². The van der Waals surface area contributed by atoms with E-state index in [0.717, 1.165) is 49.0 Å². The number of carbonyl (C=O) groups excluding carboxylic acids is 1. The van der Waals surface area contributed by atoms with Gasteiger partial charge in [-0.05, 0) is 57.0 Å². The summed E-state index contributed by atoms with van der Waals surface area (Å²) in [4.78, 5) is 14.1. The van der Waals surface area contributed by atoms with E-state index in [1.807, 2.05) is 36.2 Å². The normalized spacial score (nSPS) is 15.8. The van der Waals surface area contributed by atoms with Gasteiger partial charge in [-0.1, -0.05) is 15.9 Å². The minimum atomic E-state index is 0.290. The minimum Gasteiger partial charge on any atom is -0.494 e. The number of hydrogen-bond donors (Lipinski definition) is 1. The van der Waals surface area contributed by atoms with Crippen molar-refractivity contribution in [3.63, 3.8) is 0 Å². The molecule has 1 aromatic carbocycles. The van der Waals surface area contributed by atoms with Gasteiger partial charge < -0.3 is 15.0 Å². The van der Waals surface area contributed by atoms with Crippen LogP contribution in [0, 0.1) is 0 Å². The summed E-state index contributed by atoms with van der Waals surface area (Å²) in [5.41, 5.74) is 0. The molecule has 0 unspecified atom stereocenters. The summed E-state index contributed by atoms with van der Waals surface area (Å²) in [5.74, 6) is 1.17. The zero-order valence-electron chi connectivity index (χ0n) is 13.2. The van der Waals surface area contributed by atoms with Gasteiger partial charge in [-0.15, -0.1) is 0 Å². The maximum atomic E-state index is 12.1. The molecule has 0 bridgehead atoms. The van der Waals surface area contributed by atoms with E-state index >= 15 is 0 Å². The molecule has 1 amide bonds. The minimum absolute atomic E-state index is 0.290. The molecule has 1 fully saturated rings. The summed E-state index contributed by atoms with van der Waals surface area (Å²) < 4.78 is 6.71. The topological polar surface area (TPSA) is 41.6 Å². The smallest absolute Gasteiger partial charge is 0.222 e. The lowest BCUT2D eigenvalue weighted by molar-refractivity contribution is -0.132. The van der Waals surface area contributed by atoms with Crippen LogP contribution in [0.4, 0.5) is 0 Å². The van der Waals surface area contributed by atoms with Crippen molar-refractivity contribution in [2.45, 2.75) is 38.1 Å². The first kappa shape index (κ1) is 17.3. The molecule has 5 heteroatoms. The number of halogens is 1. The van der Waals surface area contributed by atoms with Crippen LogP contribution in [0.15, 0.2) is 28.7 Å². The zero-order valence-corrected chi connectivity index (χ0v) is 14.8. The van der Waals surface area contributed by atoms with Crippen LogP contribution in [0.5, 0.6) is 5.75 Å². The van der Waals surface area contributed by atoms with E-state index in [9.17, 15) is 4.79 Å². The van der Waals surface area contributed by atoms with Gasteiger partial charge in [0.05, 0.1) is 6.61 Å². The van der Waals surface area contributed by atoms with Crippen LogP contribution in [0.25, 0.3) is 0 Å². The lowest BCUT2D eigenvalue weighted by Crippen LogP contribution is -2.43. The summed E-state index contributed by atoms with van der Waals surface area (Å²) in [6.45, 7) is 2.44. The quantitative estimate of drug-likeness (QED) is 0.751. The standard InChI is InChI=1S/C17H25BrN2O2/c1-19-15-9-11-20(12-10-15)17(21)4-2-3-13-22-16-7-5-14(18)6-8-16/h5-8,15,19H,2-4,9-13H2,1H3. The highest BCUT2D eigenvalue weighted by Gasteiger charge is 2.20. The van der Waals surface area contributed by atoms with Crippen molar-refractivity contribution in [1.29, 1.82) is 0 Å². The third-order valence-corrected chi connectivity index (χ3v) is 4.65. The fourth-order valence-corrected chi connectivity index (χ4v) is 2.94. The van der Waals surface area contributed by atoms with E-state index < -0.39 is 0 Å². The molecule has 22 heavy (non-hydrogen) atoms. The Morgan fingerprint density at radius 3 is 2.59 bits per heavy atom. The number of nitrogens with one attached hydrogen (secondary N) is 1. The second-order valence-electron chi connectivity index (χ2n) is 5.70.